The Morgan fingerprint density at radius 2 is 2.26 bits per heavy atom. The molecule has 1 aliphatic rings. The standard InChI is InChI=1S/C12H14N4O3/c1-7-11(18)15-10(17)6-16(7)12(19)8-3-4-14-5-9(8)13-2/h3-5,7,13H,6H2,1-2H3,(H,15,17,18). The van der Waals surface area contributed by atoms with Crippen molar-refractivity contribution < 1.29 is 14.4 Å². The molecule has 0 spiro atoms. The Morgan fingerprint density at radius 3 is 2.95 bits per heavy atom. The van der Waals surface area contributed by atoms with Crippen LogP contribution in [0.25, 0.3) is 0 Å². The van der Waals surface area contributed by atoms with E-state index in [1.54, 1.807) is 20.0 Å². The van der Waals surface area contributed by atoms with Gasteiger partial charge in [0, 0.05) is 13.2 Å². The lowest BCUT2D eigenvalue weighted by Gasteiger charge is -2.32. The maximum atomic E-state index is 12.4. The molecule has 2 N–H and O–H groups in total. The third-order valence-electron chi connectivity index (χ3n) is 3.01. The number of nitrogens with zero attached hydrogens (tertiary/aromatic N) is 2. The number of rotatable bonds is 2. The fraction of sp³-hybridized carbons (Fsp3) is 0.333. The number of aromatic nitrogens is 1. The highest BCUT2D eigenvalue weighted by atomic mass is 16.2. The molecule has 100 valence electrons. The first-order valence-electron chi connectivity index (χ1n) is 5.81. The van der Waals surface area contributed by atoms with E-state index in [2.05, 4.69) is 15.6 Å². The van der Waals surface area contributed by atoms with Crippen LogP contribution in [-0.4, -0.2) is 47.2 Å². The van der Waals surface area contributed by atoms with Crippen LogP contribution in [0.1, 0.15) is 17.3 Å². The molecule has 0 bridgehead atoms. The third-order valence-corrected chi connectivity index (χ3v) is 3.01. The monoisotopic (exact) mass is 262 g/mol. The van der Waals surface area contributed by atoms with Gasteiger partial charge < -0.3 is 10.2 Å². The predicted molar refractivity (Wildman–Crippen MR) is 67.4 cm³/mol. The summed E-state index contributed by atoms with van der Waals surface area (Å²) in [6.45, 7) is 1.46. The zero-order valence-electron chi connectivity index (χ0n) is 10.6. The van der Waals surface area contributed by atoms with Crippen LogP contribution >= 0.6 is 0 Å². The van der Waals surface area contributed by atoms with E-state index >= 15 is 0 Å². The van der Waals surface area contributed by atoms with E-state index in [9.17, 15) is 14.4 Å². The molecule has 1 aliphatic heterocycles. The summed E-state index contributed by atoms with van der Waals surface area (Å²) in [7, 11) is 1.67. The number of hydrogen-bond donors (Lipinski definition) is 2. The minimum absolute atomic E-state index is 0.128. The Bertz CT molecular complexity index is 544. The summed E-state index contributed by atoms with van der Waals surface area (Å²) in [4.78, 5) is 40.5. The van der Waals surface area contributed by atoms with Crippen molar-refractivity contribution in [2.24, 2.45) is 0 Å². The van der Waals surface area contributed by atoms with Crippen molar-refractivity contribution in [3.8, 4) is 0 Å². The molecule has 3 amide bonds. The van der Waals surface area contributed by atoms with Gasteiger partial charge in [-0.3, -0.25) is 24.7 Å². The highest BCUT2D eigenvalue weighted by Crippen LogP contribution is 2.17. The largest absolute Gasteiger partial charge is 0.386 e. The van der Waals surface area contributed by atoms with Gasteiger partial charge in [0.05, 0.1) is 17.4 Å². The summed E-state index contributed by atoms with van der Waals surface area (Å²) in [6, 6.07) is 0.876. The van der Waals surface area contributed by atoms with Crippen LogP contribution in [0.5, 0.6) is 0 Å². The number of piperazine rings is 1. The number of amides is 3. The number of pyridine rings is 1. The molecule has 1 saturated heterocycles. The summed E-state index contributed by atoms with van der Waals surface area (Å²) in [5.74, 6) is -1.32. The molecule has 7 heteroatoms. The van der Waals surface area contributed by atoms with Crippen molar-refractivity contribution in [1.29, 1.82) is 0 Å². The van der Waals surface area contributed by atoms with Crippen molar-refractivity contribution in [2.45, 2.75) is 13.0 Å². The van der Waals surface area contributed by atoms with E-state index in [1.165, 1.54) is 17.3 Å². The summed E-state index contributed by atoms with van der Waals surface area (Å²) in [5.41, 5.74) is 0.935. The van der Waals surface area contributed by atoms with Gasteiger partial charge in [0.2, 0.25) is 11.8 Å². The maximum absolute atomic E-state index is 12.4. The minimum Gasteiger partial charge on any atom is -0.386 e. The first-order chi connectivity index (χ1) is 9.04. The van der Waals surface area contributed by atoms with Crippen LogP contribution < -0.4 is 10.6 Å². The second-order valence-corrected chi connectivity index (χ2v) is 4.19. The number of anilines is 1. The quantitative estimate of drug-likeness (QED) is 0.708. The van der Waals surface area contributed by atoms with Gasteiger partial charge >= 0.3 is 0 Å². The highest BCUT2D eigenvalue weighted by Gasteiger charge is 2.34. The zero-order valence-corrected chi connectivity index (χ0v) is 10.6. The van der Waals surface area contributed by atoms with E-state index in [-0.39, 0.29) is 12.5 Å². The molecule has 1 aromatic rings. The van der Waals surface area contributed by atoms with Crippen LogP contribution in [0.15, 0.2) is 18.5 Å². The number of carbonyl (C=O) groups is 3. The molecule has 7 nitrogen and oxygen atoms in total. The van der Waals surface area contributed by atoms with Crippen LogP contribution in [0.2, 0.25) is 0 Å². The topological polar surface area (TPSA) is 91.4 Å². The molecule has 0 radical (unpaired) electrons. The molecule has 2 heterocycles. The van der Waals surface area contributed by atoms with Gasteiger partial charge in [-0.15, -0.1) is 0 Å². The van der Waals surface area contributed by atoms with Gasteiger partial charge in [0.25, 0.3) is 5.91 Å². The van der Waals surface area contributed by atoms with Crippen molar-refractivity contribution in [3.05, 3.63) is 24.0 Å². The SMILES string of the molecule is CNc1cnccc1C(=O)N1CC(=O)NC(=O)C1C. The summed E-state index contributed by atoms with van der Waals surface area (Å²) < 4.78 is 0. The fourth-order valence-corrected chi connectivity index (χ4v) is 1.90. The average Bonchev–Trinajstić information content (AvgIpc) is 2.42. The third kappa shape index (κ3) is 2.40. The van der Waals surface area contributed by atoms with Crippen LogP contribution in [0.3, 0.4) is 0 Å². The molecule has 1 fully saturated rings. The van der Waals surface area contributed by atoms with E-state index < -0.39 is 17.9 Å². The number of nitrogens with one attached hydrogen (secondary N) is 2. The summed E-state index contributed by atoms with van der Waals surface area (Å²) in [5, 5.41) is 5.05. The number of carbonyl (C=O) groups excluding carboxylic acids is 3. The van der Waals surface area contributed by atoms with E-state index in [1.807, 2.05) is 0 Å². The first-order valence-corrected chi connectivity index (χ1v) is 5.81. The Hall–Kier alpha value is -2.44. The van der Waals surface area contributed by atoms with E-state index in [0.717, 1.165) is 0 Å². The van der Waals surface area contributed by atoms with Crippen LogP contribution in [0, 0.1) is 0 Å². The second-order valence-electron chi connectivity index (χ2n) is 4.19. The second kappa shape index (κ2) is 5.05. The lowest BCUT2D eigenvalue weighted by Crippen LogP contribution is -2.58. The van der Waals surface area contributed by atoms with Crippen molar-refractivity contribution >= 4 is 23.4 Å². The van der Waals surface area contributed by atoms with Gasteiger partial charge in [0.15, 0.2) is 0 Å². The Kier molecular flexibility index (Phi) is 3.46. The normalized spacial score (nSPS) is 19.1. The smallest absolute Gasteiger partial charge is 0.257 e. The van der Waals surface area contributed by atoms with Crippen molar-refractivity contribution in [3.63, 3.8) is 0 Å². The lowest BCUT2D eigenvalue weighted by atomic mass is 10.1. The molecule has 1 atom stereocenters. The highest BCUT2D eigenvalue weighted by molar-refractivity contribution is 6.08. The Balaban J connectivity index is 2.32. The summed E-state index contributed by atoms with van der Waals surface area (Å²) in [6.07, 6.45) is 3.01. The van der Waals surface area contributed by atoms with Gasteiger partial charge in [-0.05, 0) is 13.0 Å². The molecule has 2 rings (SSSR count). The van der Waals surface area contributed by atoms with E-state index in [0.29, 0.717) is 11.3 Å². The summed E-state index contributed by atoms with van der Waals surface area (Å²) >= 11 is 0. The Labute approximate surface area is 110 Å². The van der Waals surface area contributed by atoms with Crippen LogP contribution in [0.4, 0.5) is 5.69 Å². The molecule has 0 saturated carbocycles. The average molecular weight is 262 g/mol. The molecule has 1 unspecified atom stereocenters. The lowest BCUT2D eigenvalue weighted by molar-refractivity contribution is -0.138. The maximum Gasteiger partial charge on any atom is 0.257 e. The first kappa shape index (κ1) is 13.0. The molecule has 0 aromatic carbocycles. The van der Waals surface area contributed by atoms with E-state index in [4.69, 9.17) is 0 Å². The van der Waals surface area contributed by atoms with Crippen molar-refractivity contribution in [2.75, 3.05) is 18.9 Å². The Morgan fingerprint density at radius 1 is 1.53 bits per heavy atom. The number of hydrogen-bond acceptors (Lipinski definition) is 5. The fourth-order valence-electron chi connectivity index (χ4n) is 1.90. The van der Waals surface area contributed by atoms with Gasteiger partial charge in [-0.1, -0.05) is 0 Å². The van der Waals surface area contributed by atoms with Crippen molar-refractivity contribution in [1.82, 2.24) is 15.2 Å². The molecule has 1 aromatic heterocycles. The molecule has 19 heavy (non-hydrogen) atoms. The minimum atomic E-state index is -0.678. The molecular weight excluding hydrogens is 248 g/mol. The van der Waals surface area contributed by atoms with Gasteiger partial charge in [-0.25, -0.2) is 0 Å². The molecule has 0 aliphatic carbocycles. The zero-order chi connectivity index (χ0) is 14.0. The molecular formula is C12H14N4O3. The van der Waals surface area contributed by atoms with Gasteiger partial charge in [0.1, 0.15) is 12.6 Å². The van der Waals surface area contributed by atoms with Gasteiger partial charge in [-0.2, -0.15) is 0 Å². The number of imide groups is 1. The predicted octanol–water partition coefficient (Wildman–Crippen LogP) is -0.390. The van der Waals surface area contributed by atoms with Crippen LogP contribution in [-0.2, 0) is 9.59 Å².